The van der Waals surface area contributed by atoms with Gasteiger partial charge in [0, 0.05) is 14.5 Å². The minimum Gasteiger partial charge on any atom is -0.481 e. The molecule has 27 heavy (non-hydrogen) atoms. The quantitative estimate of drug-likeness (QED) is 0.622. The number of benzene rings is 2. The highest BCUT2D eigenvalue weighted by Crippen LogP contribution is 2.30. The first kappa shape index (κ1) is 19.3. The molecule has 1 heterocycles. The number of hydrogen-bond donors (Lipinski definition) is 1. The molecule has 1 amide bonds. The Hall–Kier alpha value is -2.45. The minimum absolute atomic E-state index is 0.269. The fourth-order valence-electron chi connectivity index (χ4n) is 2.53. The predicted molar refractivity (Wildman–Crippen MR) is 110 cm³/mol. The first-order valence-corrected chi connectivity index (χ1v) is 9.45. The third kappa shape index (κ3) is 4.45. The van der Waals surface area contributed by atoms with E-state index in [-0.39, 0.29) is 5.91 Å². The van der Waals surface area contributed by atoms with Crippen molar-refractivity contribution >= 4 is 61.2 Å². The van der Waals surface area contributed by atoms with Crippen LogP contribution in [0.2, 0.25) is 0 Å². The predicted octanol–water partition coefficient (Wildman–Crippen LogP) is 4.48. The zero-order valence-corrected chi connectivity index (χ0v) is 17.3. The molecule has 0 spiro atoms. The van der Waals surface area contributed by atoms with Gasteiger partial charge in [0.05, 0.1) is 17.0 Å². The Morgan fingerprint density at radius 1 is 1.22 bits per heavy atom. The summed E-state index contributed by atoms with van der Waals surface area (Å²) in [5.74, 6) is -0.976. The van der Waals surface area contributed by atoms with Crippen LogP contribution in [0.5, 0.6) is 5.75 Å². The number of nitrogens with zero attached hydrogens (tertiary/aromatic N) is 2. The van der Waals surface area contributed by atoms with Gasteiger partial charge in [-0.2, -0.15) is 10.1 Å². The van der Waals surface area contributed by atoms with Crippen LogP contribution in [0.15, 0.2) is 62.1 Å². The highest BCUT2D eigenvalue weighted by molar-refractivity contribution is 9.10. The maximum Gasteiger partial charge on any atom is 0.341 e. The van der Waals surface area contributed by atoms with Gasteiger partial charge in [0.25, 0.3) is 5.91 Å². The largest absolute Gasteiger partial charge is 0.481 e. The molecule has 0 fully saturated rings. The fraction of sp³-hybridized carbons (Fsp3) is 0.105. The first-order valence-electron chi connectivity index (χ1n) is 7.86. The maximum atomic E-state index is 12.9. The van der Waals surface area contributed by atoms with Crippen LogP contribution in [0.3, 0.4) is 0 Å². The molecule has 8 heteroatoms. The molecule has 0 aromatic heterocycles. The summed E-state index contributed by atoms with van der Waals surface area (Å²) in [5, 5.41) is 14.5. The van der Waals surface area contributed by atoms with Gasteiger partial charge in [0.15, 0.2) is 6.61 Å². The summed E-state index contributed by atoms with van der Waals surface area (Å²) in [6.45, 7) is 1.28. The topological polar surface area (TPSA) is 79.2 Å². The van der Waals surface area contributed by atoms with E-state index in [1.165, 1.54) is 5.01 Å². The third-order valence-electron chi connectivity index (χ3n) is 3.74. The molecule has 0 unspecified atom stereocenters. The number of carbonyl (C=O) groups is 2. The standard InChI is InChI=1S/C19H14Br2N2O4/c1-11-16(19(26)23(22-11)15-4-2-3-13(20)9-15)8-12-7-14(21)5-6-17(12)27-10-18(24)25/h2-9H,10H2,1H3,(H,24,25)/b16-8-. The third-order valence-corrected chi connectivity index (χ3v) is 4.72. The van der Waals surface area contributed by atoms with Crippen molar-refractivity contribution in [3.05, 3.63) is 62.5 Å². The van der Waals surface area contributed by atoms with E-state index in [1.54, 1.807) is 43.3 Å². The number of hydrazone groups is 1. The lowest BCUT2D eigenvalue weighted by atomic mass is 10.1. The van der Waals surface area contributed by atoms with Crippen LogP contribution < -0.4 is 9.75 Å². The molecule has 1 aliphatic heterocycles. The van der Waals surface area contributed by atoms with Gasteiger partial charge in [-0.25, -0.2) is 4.79 Å². The Balaban J connectivity index is 1.96. The van der Waals surface area contributed by atoms with E-state index in [1.807, 2.05) is 12.1 Å². The van der Waals surface area contributed by atoms with Gasteiger partial charge in [-0.3, -0.25) is 4.79 Å². The number of aliphatic carboxylic acids is 1. The highest BCUT2D eigenvalue weighted by Gasteiger charge is 2.29. The second-order valence-electron chi connectivity index (χ2n) is 5.70. The first-order chi connectivity index (χ1) is 12.8. The second kappa shape index (κ2) is 8.06. The molecule has 0 aliphatic carbocycles. The van der Waals surface area contributed by atoms with Gasteiger partial charge in [-0.05, 0) is 49.4 Å². The van der Waals surface area contributed by atoms with Crippen molar-refractivity contribution in [3.8, 4) is 5.75 Å². The van der Waals surface area contributed by atoms with Gasteiger partial charge >= 0.3 is 5.97 Å². The molecule has 1 N–H and O–H groups in total. The van der Waals surface area contributed by atoms with Crippen LogP contribution in [0.1, 0.15) is 12.5 Å². The highest BCUT2D eigenvalue weighted by atomic mass is 79.9. The maximum absolute atomic E-state index is 12.9. The SMILES string of the molecule is CC1=NN(c2cccc(Br)c2)C(=O)/C1=C\c1cc(Br)ccc1OCC(=O)O. The van der Waals surface area contributed by atoms with Crippen molar-refractivity contribution in [1.29, 1.82) is 0 Å². The van der Waals surface area contributed by atoms with E-state index >= 15 is 0 Å². The van der Waals surface area contributed by atoms with E-state index in [0.29, 0.717) is 28.3 Å². The summed E-state index contributed by atoms with van der Waals surface area (Å²) in [6, 6.07) is 12.4. The summed E-state index contributed by atoms with van der Waals surface area (Å²) in [7, 11) is 0. The zero-order chi connectivity index (χ0) is 19.6. The average Bonchev–Trinajstić information content (AvgIpc) is 2.89. The summed E-state index contributed by atoms with van der Waals surface area (Å²) in [4.78, 5) is 23.7. The van der Waals surface area contributed by atoms with Gasteiger partial charge in [0.2, 0.25) is 0 Å². The molecule has 0 radical (unpaired) electrons. The number of anilines is 1. The summed E-state index contributed by atoms with van der Waals surface area (Å²) >= 11 is 6.77. The molecule has 0 bridgehead atoms. The molecule has 0 atom stereocenters. The average molecular weight is 494 g/mol. The normalized spacial score (nSPS) is 15.2. The Bertz CT molecular complexity index is 985. The lowest BCUT2D eigenvalue weighted by molar-refractivity contribution is -0.139. The van der Waals surface area contributed by atoms with E-state index in [2.05, 4.69) is 37.0 Å². The fourth-order valence-corrected chi connectivity index (χ4v) is 3.29. The number of rotatable bonds is 5. The molecule has 0 saturated carbocycles. The monoisotopic (exact) mass is 492 g/mol. The number of carboxylic acids is 1. The molecule has 3 rings (SSSR count). The number of carboxylic acid groups (broad SMARTS) is 1. The second-order valence-corrected chi connectivity index (χ2v) is 7.54. The van der Waals surface area contributed by atoms with Gasteiger partial charge in [-0.1, -0.05) is 37.9 Å². The van der Waals surface area contributed by atoms with Crippen molar-refractivity contribution < 1.29 is 19.4 Å². The lowest BCUT2D eigenvalue weighted by Crippen LogP contribution is -2.21. The molecular weight excluding hydrogens is 480 g/mol. The van der Waals surface area contributed by atoms with E-state index in [9.17, 15) is 9.59 Å². The van der Waals surface area contributed by atoms with Crippen LogP contribution in [-0.2, 0) is 9.59 Å². The molecule has 2 aromatic carbocycles. The number of amides is 1. The summed E-state index contributed by atoms with van der Waals surface area (Å²) in [5.41, 5.74) is 2.20. The Morgan fingerprint density at radius 2 is 1.96 bits per heavy atom. The van der Waals surface area contributed by atoms with Crippen molar-refractivity contribution in [1.82, 2.24) is 0 Å². The number of ether oxygens (including phenoxy) is 1. The van der Waals surface area contributed by atoms with Crippen molar-refractivity contribution in [2.45, 2.75) is 6.92 Å². The Morgan fingerprint density at radius 3 is 2.67 bits per heavy atom. The molecule has 2 aromatic rings. The number of carbonyl (C=O) groups excluding carboxylic acids is 1. The van der Waals surface area contributed by atoms with Crippen LogP contribution >= 0.6 is 31.9 Å². The van der Waals surface area contributed by atoms with Gasteiger partial charge in [0.1, 0.15) is 5.75 Å². The minimum atomic E-state index is -1.08. The van der Waals surface area contributed by atoms with E-state index in [0.717, 1.165) is 8.95 Å². The van der Waals surface area contributed by atoms with Crippen LogP contribution in [0.25, 0.3) is 6.08 Å². The summed E-state index contributed by atoms with van der Waals surface area (Å²) < 4.78 is 6.95. The molecule has 138 valence electrons. The van der Waals surface area contributed by atoms with Crippen molar-refractivity contribution in [2.24, 2.45) is 5.10 Å². The number of halogens is 2. The smallest absolute Gasteiger partial charge is 0.341 e. The molecule has 0 saturated heterocycles. The number of hydrogen-bond acceptors (Lipinski definition) is 4. The van der Waals surface area contributed by atoms with Crippen LogP contribution in [0, 0.1) is 0 Å². The van der Waals surface area contributed by atoms with Crippen molar-refractivity contribution in [3.63, 3.8) is 0 Å². The van der Waals surface area contributed by atoms with Gasteiger partial charge < -0.3 is 9.84 Å². The van der Waals surface area contributed by atoms with Crippen molar-refractivity contribution in [2.75, 3.05) is 11.6 Å². The Labute approximate surface area is 172 Å². The van der Waals surface area contributed by atoms with Crippen LogP contribution in [0.4, 0.5) is 5.69 Å². The molecular formula is C19H14Br2N2O4. The zero-order valence-electron chi connectivity index (χ0n) is 14.1. The van der Waals surface area contributed by atoms with E-state index < -0.39 is 12.6 Å². The molecule has 1 aliphatic rings. The van der Waals surface area contributed by atoms with Gasteiger partial charge in [-0.15, -0.1) is 0 Å². The van der Waals surface area contributed by atoms with Crippen LogP contribution in [-0.4, -0.2) is 29.3 Å². The summed E-state index contributed by atoms with van der Waals surface area (Å²) in [6.07, 6.45) is 1.65. The lowest BCUT2D eigenvalue weighted by Gasteiger charge is -2.12. The Kier molecular flexibility index (Phi) is 5.76. The van der Waals surface area contributed by atoms with E-state index in [4.69, 9.17) is 9.84 Å². The molecule has 6 nitrogen and oxygen atoms in total.